The minimum Gasteiger partial charge on any atom is -0.353 e. The molecular weight excluding hydrogens is 336 g/mol. The second kappa shape index (κ2) is 7.87. The van der Waals surface area contributed by atoms with Gasteiger partial charge in [-0.05, 0) is 37.8 Å². The molecule has 1 aliphatic rings. The van der Waals surface area contributed by atoms with Gasteiger partial charge in [0.1, 0.15) is 0 Å². The summed E-state index contributed by atoms with van der Waals surface area (Å²) in [5.74, 6) is 0.335. The summed E-state index contributed by atoms with van der Waals surface area (Å²) in [6, 6.07) is 10.3. The summed E-state index contributed by atoms with van der Waals surface area (Å²) in [4.78, 5) is 14.2. The van der Waals surface area contributed by atoms with Crippen LogP contribution in [0.4, 0.5) is 0 Å². The second-order valence-electron chi connectivity index (χ2n) is 7.89. The van der Waals surface area contributed by atoms with E-state index in [1.54, 1.807) is 0 Å². The molecule has 1 aliphatic heterocycles. The number of sulfone groups is 1. The molecule has 2 rings (SSSR count). The van der Waals surface area contributed by atoms with Crippen LogP contribution in [0.15, 0.2) is 30.3 Å². The highest BCUT2D eigenvalue weighted by molar-refractivity contribution is 7.91. The van der Waals surface area contributed by atoms with Crippen LogP contribution in [-0.2, 0) is 20.0 Å². The molecule has 0 spiro atoms. The quantitative estimate of drug-likeness (QED) is 0.801. The highest BCUT2D eigenvalue weighted by atomic mass is 32.2. The molecule has 1 saturated heterocycles. The highest BCUT2D eigenvalue weighted by Crippen LogP contribution is 2.28. The Hall–Kier alpha value is -1.40. The van der Waals surface area contributed by atoms with Crippen LogP contribution >= 0.6 is 0 Å². The summed E-state index contributed by atoms with van der Waals surface area (Å²) in [6.45, 7) is 6.61. The van der Waals surface area contributed by atoms with Crippen molar-refractivity contribution in [2.24, 2.45) is 0 Å². The standard InChI is InChI=1S/C19H30N2O3S/c1-15(12-19(2,3)16-8-6-5-7-9-16)20-18(22)13-21(4)17-10-11-25(23,24)14-17/h5-9,15,17H,10-14H2,1-4H3,(H,20,22)/t15-,17+/m0/s1. The molecule has 0 aromatic heterocycles. The van der Waals surface area contributed by atoms with Gasteiger partial charge in [0.2, 0.25) is 5.91 Å². The van der Waals surface area contributed by atoms with Crippen molar-refractivity contribution in [1.82, 2.24) is 10.2 Å². The number of nitrogens with zero attached hydrogens (tertiary/aromatic N) is 1. The fraction of sp³-hybridized carbons (Fsp3) is 0.632. The first kappa shape index (κ1) is 19.9. The van der Waals surface area contributed by atoms with E-state index in [1.807, 2.05) is 37.1 Å². The molecule has 5 nitrogen and oxygen atoms in total. The number of carbonyl (C=O) groups excluding carboxylic acids is 1. The van der Waals surface area contributed by atoms with Crippen molar-refractivity contribution >= 4 is 15.7 Å². The summed E-state index contributed by atoms with van der Waals surface area (Å²) in [5, 5.41) is 3.05. The Morgan fingerprint density at radius 2 is 1.96 bits per heavy atom. The molecule has 1 heterocycles. The van der Waals surface area contributed by atoms with Crippen molar-refractivity contribution in [2.75, 3.05) is 25.1 Å². The van der Waals surface area contributed by atoms with E-state index in [4.69, 9.17) is 0 Å². The predicted octanol–water partition coefficient (Wildman–Crippen LogP) is 1.98. The lowest BCUT2D eigenvalue weighted by Crippen LogP contribution is -2.45. The number of rotatable bonds is 7. The fourth-order valence-corrected chi connectivity index (χ4v) is 5.43. The maximum atomic E-state index is 12.3. The van der Waals surface area contributed by atoms with Crippen LogP contribution in [0.1, 0.15) is 39.2 Å². The van der Waals surface area contributed by atoms with E-state index in [2.05, 4.69) is 31.3 Å². The summed E-state index contributed by atoms with van der Waals surface area (Å²) in [7, 11) is -1.10. The topological polar surface area (TPSA) is 66.5 Å². The van der Waals surface area contributed by atoms with E-state index in [0.29, 0.717) is 6.42 Å². The summed E-state index contributed by atoms with van der Waals surface area (Å²) < 4.78 is 23.1. The van der Waals surface area contributed by atoms with Crippen molar-refractivity contribution in [2.45, 2.75) is 51.1 Å². The lowest BCUT2D eigenvalue weighted by molar-refractivity contribution is -0.123. The monoisotopic (exact) mass is 366 g/mol. The van der Waals surface area contributed by atoms with Gasteiger partial charge in [0.05, 0.1) is 18.1 Å². The van der Waals surface area contributed by atoms with Crippen LogP contribution in [0.2, 0.25) is 0 Å². The molecule has 1 fully saturated rings. The van der Waals surface area contributed by atoms with Gasteiger partial charge in [-0.15, -0.1) is 0 Å². The summed E-state index contributed by atoms with van der Waals surface area (Å²) >= 11 is 0. The normalized spacial score (nSPS) is 21.2. The zero-order valence-corrected chi connectivity index (χ0v) is 16.5. The van der Waals surface area contributed by atoms with Gasteiger partial charge in [0, 0.05) is 12.1 Å². The number of carbonyl (C=O) groups is 1. The van der Waals surface area contributed by atoms with Gasteiger partial charge in [0.25, 0.3) is 0 Å². The van der Waals surface area contributed by atoms with Gasteiger partial charge in [-0.1, -0.05) is 44.2 Å². The molecule has 0 unspecified atom stereocenters. The average Bonchev–Trinajstić information content (AvgIpc) is 2.87. The van der Waals surface area contributed by atoms with Gasteiger partial charge in [0.15, 0.2) is 9.84 Å². The third kappa shape index (κ3) is 5.82. The molecule has 6 heteroatoms. The Kier molecular flexibility index (Phi) is 6.27. The molecule has 0 bridgehead atoms. The van der Waals surface area contributed by atoms with E-state index in [0.717, 1.165) is 6.42 Å². The van der Waals surface area contributed by atoms with Gasteiger partial charge in [-0.3, -0.25) is 9.69 Å². The van der Waals surface area contributed by atoms with Crippen LogP contribution in [0.3, 0.4) is 0 Å². The Balaban J connectivity index is 1.84. The van der Waals surface area contributed by atoms with Crippen LogP contribution in [-0.4, -0.2) is 56.4 Å². The first-order valence-electron chi connectivity index (χ1n) is 8.85. The number of hydrogen-bond donors (Lipinski definition) is 1. The second-order valence-corrected chi connectivity index (χ2v) is 10.1. The minimum atomic E-state index is -2.93. The Labute approximate surface area is 151 Å². The van der Waals surface area contributed by atoms with E-state index < -0.39 is 9.84 Å². The fourth-order valence-electron chi connectivity index (χ4n) is 3.62. The third-order valence-corrected chi connectivity index (χ3v) is 6.75. The maximum Gasteiger partial charge on any atom is 0.234 e. The minimum absolute atomic E-state index is 0.0284. The van der Waals surface area contributed by atoms with E-state index in [1.165, 1.54) is 5.56 Å². The lowest BCUT2D eigenvalue weighted by atomic mass is 9.79. The van der Waals surface area contributed by atoms with Crippen LogP contribution < -0.4 is 5.32 Å². The Morgan fingerprint density at radius 1 is 1.32 bits per heavy atom. The van der Waals surface area contributed by atoms with E-state index in [-0.39, 0.29) is 41.5 Å². The third-order valence-electron chi connectivity index (χ3n) is 5.00. The molecule has 1 aromatic rings. The van der Waals surface area contributed by atoms with Crippen molar-refractivity contribution in [3.63, 3.8) is 0 Å². The van der Waals surface area contributed by atoms with Crippen molar-refractivity contribution < 1.29 is 13.2 Å². The Morgan fingerprint density at radius 3 is 2.52 bits per heavy atom. The lowest BCUT2D eigenvalue weighted by Gasteiger charge is -2.30. The van der Waals surface area contributed by atoms with Crippen LogP contribution in [0.5, 0.6) is 0 Å². The smallest absolute Gasteiger partial charge is 0.234 e. The first-order valence-corrected chi connectivity index (χ1v) is 10.7. The van der Waals surface area contributed by atoms with Crippen LogP contribution in [0, 0.1) is 0 Å². The summed E-state index contributed by atoms with van der Waals surface area (Å²) in [5.41, 5.74) is 1.23. The molecule has 1 aromatic carbocycles. The largest absolute Gasteiger partial charge is 0.353 e. The molecule has 1 N–H and O–H groups in total. The van der Waals surface area contributed by atoms with Crippen molar-refractivity contribution in [3.05, 3.63) is 35.9 Å². The number of amides is 1. The summed E-state index contributed by atoms with van der Waals surface area (Å²) in [6.07, 6.45) is 1.45. The number of hydrogen-bond acceptors (Lipinski definition) is 4. The molecule has 2 atom stereocenters. The van der Waals surface area contributed by atoms with Gasteiger partial charge >= 0.3 is 0 Å². The predicted molar refractivity (Wildman–Crippen MR) is 101 cm³/mol. The molecule has 1 amide bonds. The molecular formula is C19H30N2O3S. The van der Waals surface area contributed by atoms with Crippen molar-refractivity contribution in [3.8, 4) is 0 Å². The van der Waals surface area contributed by atoms with E-state index in [9.17, 15) is 13.2 Å². The molecule has 25 heavy (non-hydrogen) atoms. The molecule has 140 valence electrons. The molecule has 0 radical (unpaired) electrons. The van der Waals surface area contributed by atoms with Gasteiger partial charge < -0.3 is 5.32 Å². The van der Waals surface area contributed by atoms with E-state index >= 15 is 0 Å². The van der Waals surface area contributed by atoms with Crippen molar-refractivity contribution in [1.29, 1.82) is 0 Å². The zero-order valence-electron chi connectivity index (χ0n) is 15.7. The van der Waals surface area contributed by atoms with Gasteiger partial charge in [-0.2, -0.15) is 0 Å². The zero-order chi connectivity index (χ0) is 18.7. The Bertz CT molecular complexity index is 686. The average molecular weight is 367 g/mol. The van der Waals surface area contributed by atoms with Crippen LogP contribution in [0.25, 0.3) is 0 Å². The number of benzene rings is 1. The first-order chi connectivity index (χ1) is 11.6. The number of likely N-dealkylation sites (N-methyl/N-ethyl adjacent to an activating group) is 1. The maximum absolute atomic E-state index is 12.3. The van der Waals surface area contributed by atoms with Gasteiger partial charge in [-0.25, -0.2) is 8.42 Å². The molecule has 0 saturated carbocycles. The molecule has 0 aliphatic carbocycles. The highest BCUT2D eigenvalue weighted by Gasteiger charge is 2.31. The number of nitrogens with one attached hydrogen (secondary N) is 1. The SMILES string of the molecule is C[C@@H](CC(C)(C)c1ccccc1)NC(=O)CN(C)[C@@H]1CCS(=O)(=O)C1.